The fourth-order valence-electron chi connectivity index (χ4n) is 3.00. The van der Waals surface area contributed by atoms with Gasteiger partial charge in [-0.3, -0.25) is 9.69 Å². The summed E-state index contributed by atoms with van der Waals surface area (Å²) in [5.74, 6) is 0.128. The number of hydrogen-bond acceptors (Lipinski definition) is 3. The second-order valence-electron chi connectivity index (χ2n) is 6.93. The molecule has 1 aromatic rings. The quantitative estimate of drug-likeness (QED) is 0.802. The van der Waals surface area contributed by atoms with Crippen molar-refractivity contribution < 1.29 is 4.79 Å². The maximum Gasteiger partial charge on any atom is 0.224 e. The molecule has 1 amide bonds. The largest absolute Gasteiger partial charge is 0.354 e. The van der Waals surface area contributed by atoms with E-state index < -0.39 is 0 Å². The molecule has 24 heavy (non-hydrogen) atoms. The van der Waals surface area contributed by atoms with E-state index in [9.17, 15) is 4.79 Å². The van der Waals surface area contributed by atoms with Crippen LogP contribution in [0.4, 0.5) is 0 Å². The van der Waals surface area contributed by atoms with Gasteiger partial charge >= 0.3 is 0 Å². The molecule has 6 heteroatoms. The summed E-state index contributed by atoms with van der Waals surface area (Å²) in [5, 5.41) is 6.16. The van der Waals surface area contributed by atoms with E-state index >= 15 is 0 Å². The normalized spacial score (nSPS) is 15.5. The van der Waals surface area contributed by atoms with E-state index in [-0.39, 0.29) is 42.2 Å². The summed E-state index contributed by atoms with van der Waals surface area (Å²) in [4.78, 5) is 14.6. The molecule has 1 aliphatic heterocycles. The third kappa shape index (κ3) is 5.92. The van der Waals surface area contributed by atoms with Gasteiger partial charge in [0.1, 0.15) is 0 Å². The molecule has 1 aromatic carbocycles. The Hall–Kier alpha value is -0.810. The zero-order chi connectivity index (χ0) is 16.2. The molecule has 1 aliphatic rings. The molecule has 0 fully saturated rings. The maximum absolute atomic E-state index is 12.1. The van der Waals surface area contributed by atoms with Crippen LogP contribution in [0.25, 0.3) is 0 Å². The molecule has 1 atom stereocenters. The predicted molar refractivity (Wildman–Crippen MR) is 105 cm³/mol. The first-order valence-corrected chi connectivity index (χ1v) is 8.18. The fraction of sp³-hybridized carbons (Fsp3) is 0.611. The monoisotopic (exact) mass is 375 g/mol. The zero-order valence-corrected chi connectivity index (χ0v) is 16.7. The molecule has 0 saturated heterocycles. The Balaban J connectivity index is 0.00000264. The minimum absolute atomic E-state index is 0. The van der Waals surface area contributed by atoms with Crippen molar-refractivity contribution >= 4 is 30.7 Å². The number of rotatable bonds is 6. The molecule has 0 radical (unpaired) electrons. The van der Waals surface area contributed by atoms with Gasteiger partial charge in [-0.15, -0.1) is 24.8 Å². The standard InChI is InChI=1S/C18H29N3O.2ClH/c1-14(11-19-4)17(22)20-13-18(2,3)21-10-9-15-7-5-6-8-16(15)12-21;;/h5-8,14,19H,9-13H2,1-4H3,(H,20,22);2*1H. The highest BCUT2D eigenvalue weighted by atomic mass is 35.5. The number of amides is 1. The van der Waals surface area contributed by atoms with Crippen LogP contribution >= 0.6 is 24.8 Å². The smallest absolute Gasteiger partial charge is 0.224 e. The summed E-state index contributed by atoms with van der Waals surface area (Å²) in [5.41, 5.74) is 2.83. The van der Waals surface area contributed by atoms with E-state index in [0.29, 0.717) is 13.1 Å². The van der Waals surface area contributed by atoms with Crippen LogP contribution in [-0.2, 0) is 17.8 Å². The number of nitrogens with zero attached hydrogens (tertiary/aromatic N) is 1. The first-order chi connectivity index (χ1) is 10.4. The van der Waals surface area contributed by atoms with E-state index in [0.717, 1.165) is 19.5 Å². The zero-order valence-electron chi connectivity index (χ0n) is 15.1. The van der Waals surface area contributed by atoms with Crippen molar-refractivity contribution in [3.05, 3.63) is 35.4 Å². The maximum atomic E-state index is 12.1. The predicted octanol–water partition coefficient (Wildman–Crippen LogP) is 2.64. The summed E-state index contributed by atoms with van der Waals surface area (Å²) >= 11 is 0. The molecule has 2 rings (SSSR count). The highest BCUT2D eigenvalue weighted by Crippen LogP contribution is 2.24. The van der Waals surface area contributed by atoms with Crippen LogP contribution in [0.15, 0.2) is 24.3 Å². The first-order valence-electron chi connectivity index (χ1n) is 8.18. The summed E-state index contributed by atoms with van der Waals surface area (Å²) in [6, 6.07) is 8.66. The molecule has 1 heterocycles. The summed E-state index contributed by atoms with van der Waals surface area (Å²) in [6.45, 7) is 9.78. The first kappa shape index (κ1) is 23.2. The van der Waals surface area contributed by atoms with Crippen LogP contribution in [0.2, 0.25) is 0 Å². The average molecular weight is 376 g/mol. The molecule has 0 aromatic heterocycles. The molecule has 4 nitrogen and oxygen atoms in total. The number of nitrogens with one attached hydrogen (secondary N) is 2. The second kappa shape index (κ2) is 10.2. The SMILES string of the molecule is CNCC(C)C(=O)NCC(C)(C)N1CCc2ccccc2C1.Cl.Cl. The van der Waals surface area contributed by atoms with Gasteiger partial charge in [-0.1, -0.05) is 31.2 Å². The van der Waals surface area contributed by atoms with Gasteiger partial charge in [-0.05, 0) is 38.4 Å². The topological polar surface area (TPSA) is 44.4 Å². The highest BCUT2D eigenvalue weighted by Gasteiger charge is 2.30. The van der Waals surface area contributed by atoms with Gasteiger partial charge < -0.3 is 10.6 Å². The Morgan fingerprint density at radius 2 is 1.88 bits per heavy atom. The van der Waals surface area contributed by atoms with E-state index in [2.05, 4.69) is 53.6 Å². The van der Waals surface area contributed by atoms with Gasteiger partial charge in [-0.25, -0.2) is 0 Å². The number of carbonyl (C=O) groups excluding carboxylic acids is 1. The van der Waals surface area contributed by atoms with Crippen molar-refractivity contribution in [2.75, 3.05) is 26.7 Å². The fourth-order valence-corrected chi connectivity index (χ4v) is 3.00. The molecule has 0 aliphatic carbocycles. The lowest BCUT2D eigenvalue weighted by Crippen LogP contribution is -2.53. The average Bonchev–Trinajstić information content (AvgIpc) is 2.52. The Kier molecular flexibility index (Phi) is 9.90. The van der Waals surface area contributed by atoms with E-state index in [1.807, 2.05) is 14.0 Å². The number of fused-ring (bicyclic) bond motifs is 1. The van der Waals surface area contributed by atoms with E-state index in [1.54, 1.807) is 0 Å². The summed E-state index contributed by atoms with van der Waals surface area (Å²) in [7, 11) is 1.87. The number of hydrogen-bond donors (Lipinski definition) is 2. The van der Waals surface area contributed by atoms with Crippen LogP contribution in [0, 0.1) is 5.92 Å². The molecular weight excluding hydrogens is 345 g/mol. The lowest BCUT2D eigenvalue weighted by Gasteiger charge is -2.41. The molecule has 2 N–H and O–H groups in total. The van der Waals surface area contributed by atoms with Crippen molar-refractivity contribution in [3.8, 4) is 0 Å². The molecule has 138 valence electrons. The lowest BCUT2D eigenvalue weighted by molar-refractivity contribution is -0.125. The highest BCUT2D eigenvalue weighted by molar-refractivity contribution is 5.85. The molecule has 1 unspecified atom stereocenters. The molecule has 0 spiro atoms. The third-order valence-corrected chi connectivity index (χ3v) is 4.64. The second-order valence-corrected chi connectivity index (χ2v) is 6.93. The van der Waals surface area contributed by atoms with E-state index in [1.165, 1.54) is 11.1 Å². The van der Waals surface area contributed by atoms with Crippen molar-refractivity contribution in [1.29, 1.82) is 0 Å². The minimum Gasteiger partial charge on any atom is -0.354 e. The minimum atomic E-state index is -0.0391. The third-order valence-electron chi connectivity index (χ3n) is 4.64. The van der Waals surface area contributed by atoms with Gasteiger partial charge in [0.2, 0.25) is 5.91 Å². The van der Waals surface area contributed by atoms with Crippen molar-refractivity contribution in [2.45, 2.75) is 39.3 Å². The van der Waals surface area contributed by atoms with Crippen LogP contribution in [0.1, 0.15) is 31.9 Å². The van der Waals surface area contributed by atoms with E-state index in [4.69, 9.17) is 0 Å². The van der Waals surface area contributed by atoms with Crippen molar-refractivity contribution in [3.63, 3.8) is 0 Å². The van der Waals surface area contributed by atoms with Gasteiger partial charge in [0.15, 0.2) is 0 Å². The molecule has 0 saturated carbocycles. The van der Waals surface area contributed by atoms with Crippen molar-refractivity contribution in [2.24, 2.45) is 5.92 Å². The summed E-state index contributed by atoms with van der Waals surface area (Å²) < 4.78 is 0. The number of carbonyl (C=O) groups is 1. The molecule has 0 bridgehead atoms. The van der Waals surface area contributed by atoms with Crippen LogP contribution in [0.3, 0.4) is 0 Å². The number of benzene rings is 1. The van der Waals surface area contributed by atoms with Crippen molar-refractivity contribution in [1.82, 2.24) is 15.5 Å². The van der Waals surface area contributed by atoms with Gasteiger partial charge in [0.25, 0.3) is 0 Å². The van der Waals surface area contributed by atoms with Gasteiger partial charge in [0, 0.05) is 37.6 Å². The molecular formula is C18H31Cl2N3O. The number of halogens is 2. The van der Waals surface area contributed by atoms with Crippen LogP contribution in [-0.4, -0.2) is 43.0 Å². The van der Waals surface area contributed by atoms with Gasteiger partial charge in [-0.2, -0.15) is 0 Å². The Labute approximate surface area is 158 Å². The van der Waals surface area contributed by atoms with Crippen LogP contribution < -0.4 is 10.6 Å². The Morgan fingerprint density at radius 3 is 2.50 bits per heavy atom. The Bertz CT molecular complexity index is 523. The summed E-state index contributed by atoms with van der Waals surface area (Å²) in [6.07, 6.45) is 1.09. The Morgan fingerprint density at radius 1 is 1.25 bits per heavy atom. The van der Waals surface area contributed by atoms with Crippen LogP contribution in [0.5, 0.6) is 0 Å². The lowest BCUT2D eigenvalue weighted by atomic mass is 9.94. The van der Waals surface area contributed by atoms with Gasteiger partial charge in [0.05, 0.1) is 0 Å².